The largest absolute Gasteiger partial charge is 0.489 e. The molecule has 7 heteroatoms. The molecule has 3 rings (SSSR count). The molecule has 1 amide bonds. The van der Waals surface area contributed by atoms with Crippen LogP contribution in [0.1, 0.15) is 29.9 Å². The van der Waals surface area contributed by atoms with E-state index in [1.54, 1.807) is 24.5 Å². The van der Waals surface area contributed by atoms with E-state index in [0.29, 0.717) is 23.8 Å². The lowest BCUT2D eigenvalue weighted by Gasteiger charge is -2.14. The van der Waals surface area contributed by atoms with E-state index in [2.05, 4.69) is 25.6 Å². The molecule has 2 aromatic heterocycles. The number of nitrogens with one attached hydrogen (secondary N) is 2. The fraction of sp³-hybridized carbons (Fsp3) is 0.200. The highest BCUT2D eigenvalue weighted by Crippen LogP contribution is 2.25. The Labute approximate surface area is 157 Å². The van der Waals surface area contributed by atoms with Gasteiger partial charge in [-0.1, -0.05) is 18.2 Å². The van der Waals surface area contributed by atoms with Crippen molar-refractivity contribution in [1.29, 1.82) is 0 Å². The van der Waals surface area contributed by atoms with Crippen LogP contribution in [0.15, 0.2) is 61.2 Å². The van der Waals surface area contributed by atoms with E-state index >= 15 is 0 Å². The molecular formula is C20H21N5O2. The van der Waals surface area contributed by atoms with Crippen molar-refractivity contribution >= 4 is 17.4 Å². The molecule has 0 spiro atoms. The van der Waals surface area contributed by atoms with Crippen LogP contribution in [-0.2, 0) is 6.54 Å². The van der Waals surface area contributed by atoms with Gasteiger partial charge in [0.25, 0.3) is 5.91 Å². The molecule has 7 nitrogen and oxygen atoms in total. The summed E-state index contributed by atoms with van der Waals surface area (Å²) in [6.07, 6.45) is 4.85. The van der Waals surface area contributed by atoms with E-state index in [0.717, 1.165) is 5.56 Å². The van der Waals surface area contributed by atoms with Gasteiger partial charge in [-0.3, -0.25) is 9.78 Å². The Balaban J connectivity index is 1.69. The Morgan fingerprint density at radius 2 is 2.00 bits per heavy atom. The Hall–Kier alpha value is -3.48. The number of carbonyl (C=O) groups is 1. The lowest BCUT2D eigenvalue weighted by Crippen LogP contribution is -2.16. The van der Waals surface area contributed by atoms with Crippen LogP contribution in [0, 0.1) is 0 Å². The maximum atomic E-state index is 12.6. The van der Waals surface area contributed by atoms with Crippen LogP contribution < -0.4 is 15.4 Å². The van der Waals surface area contributed by atoms with Crippen LogP contribution in [0.4, 0.5) is 11.5 Å². The third-order valence-electron chi connectivity index (χ3n) is 3.59. The second-order valence-electron chi connectivity index (χ2n) is 6.12. The van der Waals surface area contributed by atoms with Crippen molar-refractivity contribution in [3.05, 3.63) is 72.4 Å². The maximum Gasteiger partial charge on any atom is 0.274 e. The zero-order valence-corrected chi connectivity index (χ0v) is 15.2. The number of hydrogen-bond donors (Lipinski definition) is 2. The average molecular weight is 363 g/mol. The molecule has 1 aromatic carbocycles. The Morgan fingerprint density at radius 3 is 2.78 bits per heavy atom. The number of nitrogens with zero attached hydrogens (tertiary/aromatic N) is 3. The highest BCUT2D eigenvalue weighted by Gasteiger charge is 2.12. The number of amides is 1. The van der Waals surface area contributed by atoms with Crippen molar-refractivity contribution in [1.82, 2.24) is 15.0 Å². The minimum atomic E-state index is -0.332. The fourth-order valence-electron chi connectivity index (χ4n) is 2.39. The number of pyridine rings is 1. The zero-order valence-electron chi connectivity index (χ0n) is 15.2. The number of aromatic nitrogens is 3. The van der Waals surface area contributed by atoms with E-state index in [1.165, 1.54) is 6.33 Å². The van der Waals surface area contributed by atoms with Gasteiger partial charge in [-0.05, 0) is 37.6 Å². The molecule has 0 saturated carbocycles. The third kappa shape index (κ3) is 5.24. The molecule has 3 aromatic rings. The molecule has 2 heterocycles. The van der Waals surface area contributed by atoms with Gasteiger partial charge in [-0.15, -0.1) is 0 Å². The summed E-state index contributed by atoms with van der Waals surface area (Å²) >= 11 is 0. The fourth-order valence-corrected chi connectivity index (χ4v) is 2.39. The standard InChI is InChI=1S/C20H21N5O2/c1-14(2)27-18-8-4-3-7-16(18)25-20(26)17-10-19(24-13-23-17)22-12-15-6-5-9-21-11-15/h3-11,13-14H,12H2,1-2H3,(H,25,26)(H,22,23,24). The van der Waals surface area contributed by atoms with Gasteiger partial charge < -0.3 is 15.4 Å². The molecule has 138 valence electrons. The highest BCUT2D eigenvalue weighted by molar-refractivity contribution is 6.04. The average Bonchev–Trinajstić information content (AvgIpc) is 2.68. The number of ether oxygens (including phenoxy) is 1. The van der Waals surface area contributed by atoms with E-state index < -0.39 is 0 Å². The molecule has 0 aliphatic heterocycles. The molecule has 0 unspecified atom stereocenters. The van der Waals surface area contributed by atoms with Crippen LogP contribution in [0.25, 0.3) is 0 Å². The number of rotatable bonds is 7. The second-order valence-corrected chi connectivity index (χ2v) is 6.12. The molecule has 27 heavy (non-hydrogen) atoms. The van der Waals surface area contributed by atoms with Gasteiger partial charge in [-0.25, -0.2) is 9.97 Å². The summed E-state index contributed by atoms with van der Waals surface area (Å²) in [6, 6.07) is 12.7. The number of carbonyl (C=O) groups excluding carboxylic acids is 1. The molecular weight excluding hydrogens is 342 g/mol. The van der Waals surface area contributed by atoms with E-state index in [4.69, 9.17) is 4.74 Å². The summed E-state index contributed by atoms with van der Waals surface area (Å²) in [4.78, 5) is 24.9. The monoisotopic (exact) mass is 363 g/mol. The summed E-state index contributed by atoms with van der Waals surface area (Å²) in [5, 5.41) is 6.00. The topological polar surface area (TPSA) is 89.0 Å². The lowest BCUT2D eigenvalue weighted by molar-refractivity contribution is 0.102. The Bertz CT molecular complexity index is 900. The first-order valence-electron chi connectivity index (χ1n) is 8.63. The van der Waals surface area contributed by atoms with Crippen molar-refractivity contribution in [3.8, 4) is 5.75 Å². The van der Waals surface area contributed by atoms with E-state index in [1.807, 2.05) is 44.2 Å². The normalized spacial score (nSPS) is 10.5. The van der Waals surface area contributed by atoms with Crippen molar-refractivity contribution in [2.45, 2.75) is 26.5 Å². The minimum Gasteiger partial charge on any atom is -0.489 e. The van der Waals surface area contributed by atoms with Crippen LogP contribution >= 0.6 is 0 Å². The highest BCUT2D eigenvalue weighted by atomic mass is 16.5. The van der Waals surface area contributed by atoms with Crippen LogP contribution in [0.2, 0.25) is 0 Å². The number of hydrogen-bond acceptors (Lipinski definition) is 6. The Kier molecular flexibility index (Phi) is 5.94. The third-order valence-corrected chi connectivity index (χ3v) is 3.59. The predicted octanol–water partition coefficient (Wildman–Crippen LogP) is 3.52. The summed E-state index contributed by atoms with van der Waals surface area (Å²) in [5.74, 6) is 0.845. The smallest absolute Gasteiger partial charge is 0.274 e. The summed E-state index contributed by atoms with van der Waals surface area (Å²) in [7, 11) is 0. The first kappa shape index (κ1) is 18.3. The van der Waals surface area contributed by atoms with Gasteiger partial charge in [0.2, 0.25) is 0 Å². The van der Waals surface area contributed by atoms with Crippen molar-refractivity contribution in [2.24, 2.45) is 0 Å². The van der Waals surface area contributed by atoms with E-state index in [9.17, 15) is 4.79 Å². The van der Waals surface area contributed by atoms with Gasteiger partial charge in [0, 0.05) is 25.0 Å². The number of benzene rings is 1. The van der Waals surface area contributed by atoms with Crippen LogP contribution in [0.5, 0.6) is 5.75 Å². The predicted molar refractivity (Wildman–Crippen MR) is 104 cm³/mol. The van der Waals surface area contributed by atoms with E-state index in [-0.39, 0.29) is 17.7 Å². The Morgan fingerprint density at radius 1 is 1.15 bits per heavy atom. The molecule has 2 N–H and O–H groups in total. The summed E-state index contributed by atoms with van der Waals surface area (Å²) < 4.78 is 5.73. The van der Waals surface area contributed by atoms with Gasteiger partial charge in [0.1, 0.15) is 23.6 Å². The molecule has 0 fully saturated rings. The molecule has 0 radical (unpaired) electrons. The molecule has 0 bridgehead atoms. The minimum absolute atomic E-state index is 0.00498. The summed E-state index contributed by atoms with van der Waals surface area (Å²) in [5.41, 5.74) is 1.87. The maximum absolute atomic E-state index is 12.6. The molecule has 0 atom stereocenters. The van der Waals surface area contributed by atoms with Gasteiger partial charge in [0.05, 0.1) is 11.8 Å². The van der Waals surface area contributed by atoms with Crippen LogP contribution in [0.3, 0.4) is 0 Å². The molecule has 0 aliphatic carbocycles. The first-order valence-corrected chi connectivity index (χ1v) is 8.63. The summed E-state index contributed by atoms with van der Waals surface area (Å²) in [6.45, 7) is 4.42. The van der Waals surface area contributed by atoms with Crippen molar-refractivity contribution in [3.63, 3.8) is 0 Å². The molecule has 0 aliphatic rings. The van der Waals surface area contributed by atoms with Gasteiger partial charge in [0.15, 0.2) is 0 Å². The van der Waals surface area contributed by atoms with Crippen molar-refractivity contribution < 1.29 is 9.53 Å². The number of para-hydroxylation sites is 2. The van der Waals surface area contributed by atoms with Crippen molar-refractivity contribution in [2.75, 3.05) is 10.6 Å². The number of anilines is 2. The lowest BCUT2D eigenvalue weighted by atomic mass is 10.2. The van der Waals surface area contributed by atoms with Crippen LogP contribution in [-0.4, -0.2) is 27.0 Å². The second kappa shape index (κ2) is 8.75. The van der Waals surface area contributed by atoms with Gasteiger partial charge >= 0.3 is 0 Å². The quantitative estimate of drug-likeness (QED) is 0.668. The SMILES string of the molecule is CC(C)Oc1ccccc1NC(=O)c1cc(NCc2cccnc2)ncn1. The van der Waals surface area contributed by atoms with Gasteiger partial charge in [-0.2, -0.15) is 0 Å². The zero-order chi connectivity index (χ0) is 19.1. The first-order chi connectivity index (χ1) is 13.1. The molecule has 0 saturated heterocycles.